The zero-order valence-electron chi connectivity index (χ0n) is 17.4. The fourth-order valence-electron chi connectivity index (χ4n) is 4.04. The van der Waals surface area contributed by atoms with Crippen molar-refractivity contribution in [3.63, 3.8) is 0 Å². The van der Waals surface area contributed by atoms with E-state index in [0.717, 1.165) is 47.6 Å². The van der Waals surface area contributed by atoms with Gasteiger partial charge in [-0.2, -0.15) is 0 Å². The van der Waals surface area contributed by atoms with Crippen LogP contribution < -0.4 is 15.8 Å². The van der Waals surface area contributed by atoms with Gasteiger partial charge in [0.05, 0.1) is 5.02 Å². The van der Waals surface area contributed by atoms with Crippen LogP contribution in [0, 0.1) is 5.92 Å². The Morgan fingerprint density at radius 2 is 1.81 bits per heavy atom. The molecule has 162 valence electrons. The number of nitrogens with zero attached hydrogens (tertiary/aromatic N) is 1. The Kier molecular flexibility index (Phi) is 7.33. The molecule has 3 aromatic rings. The highest BCUT2D eigenvalue weighted by atomic mass is 35.5. The number of hydrogen-bond acceptors (Lipinski definition) is 4. The van der Waals surface area contributed by atoms with Crippen LogP contribution in [0.5, 0.6) is 5.75 Å². The van der Waals surface area contributed by atoms with Crippen molar-refractivity contribution in [1.82, 2.24) is 4.98 Å². The second-order valence-corrected chi connectivity index (χ2v) is 8.94. The lowest BCUT2D eigenvalue weighted by molar-refractivity contribution is 0.306. The summed E-state index contributed by atoms with van der Waals surface area (Å²) in [5, 5.41) is 4.89. The summed E-state index contributed by atoms with van der Waals surface area (Å²) in [4.78, 5) is 4.49. The summed E-state index contributed by atoms with van der Waals surface area (Å²) < 4.78 is 5.98. The number of aromatic nitrogens is 1. The van der Waals surface area contributed by atoms with Crippen LogP contribution in [0.2, 0.25) is 10.0 Å². The van der Waals surface area contributed by atoms with Gasteiger partial charge in [-0.05, 0) is 79.6 Å². The molecule has 0 radical (unpaired) electrons. The zero-order valence-corrected chi connectivity index (χ0v) is 18.9. The molecule has 4 rings (SSSR count). The SMILES string of the molecule is NC[C@H]1CC[C@H](Nc2cc(-c3cccc(OCc4cccc(Cl)c4)c3)c(Cl)cn2)CC1. The van der Waals surface area contributed by atoms with E-state index >= 15 is 0 Å². The summed E-state index contributed by atoms with van der Waals surface area (Å²) >= 11 is 12.6. The molecule has 1 saturated carbocycles. The molecule has 0 unspecified atom stereocenters. The first-order valence-corrected chi connectivity index (χ1v) is 11.5. The molecule has 31 heavy (non-hydrogen) atoms. The van der Waals surface area contributed by atoms with Crippen LogP contribution in [0.15, 0.2) is 60.8 Å². The Balaban J connectivity index is 1.46. The van der Waals surface area contributed by atoms with Crippen LogP contribution in [0.1, 0.15) is 31.2 Å². The average molecular weight is 456 g/mol. The molecular formula is C25H27Cl2N3O. The Morgan fingerprint density at radius 3 is 2.58 bits per heavy atom. The Labute approximate surface area is 193 Å². The average Bonchev–Trinajstić information content (AvgIpc) is 2.80. The molecule has 1 aliphatic carbocycles. The summed E-state index contributed by atoms with van der Waals surface area (Å²) in [6, 6.07) is 18.1. The van der Waals surface area contributed by atoms with Gasteiger partial charge < -0.3 is 15.8 Å². The van der Waals surface area contributed by atoms with Crippen LogP contribution in [0.4, 0.5) is 5.82 Å². The summed E-state index contributed by atoms with van der Waals surface area (Å²) in [5.41, 5.74) is 8.76. The van der Waals surface area contributed by atoms with Crippen molar-refractivity contribution in [3.8, 4) is 16.9 Å². The van der Waals surface area contributed by atoms with E-state index in [0.29, 0.717) is 28.6 Å². The van der Waals surface area contributed by atoms with Gasteiger partial charge in [0.25, 0.3) is 0 Å². The van der Waals surface area contributed by atoms with Crippen LogP contribution in [0.3, 0.4) is 0 Å². The molecule has 1 aromatic heterocycles. The Hall–Kier alpha value is -2.27. The number of benzene rings is 2. The maximum atomic E-state index is 6.49. The summed E-state index contributed by atoms with van der Waals surface area (Å²) in [6.07, 6.45) is 6.29. The third-order valence-electron chi connectivity index (χ3n) is 5.83. The van der Waals surface area contributed by atoms with Crippen molar-refractivity contribution in [1.29, 1.82) is 0 Å². The molecule has 0 saturated heterocycles. The molecule has 0 atom stereocenters. The highest BCUT2D eigenvalue weighted by molar-refractivity contribution is 6.33. The van der Waals surface area contributed by atoms with E-state index in [9.17, 15) is 0 Å². The van der Waals surface area contributed by atoms with E-state index in [1.165, 1.54) is 12.8 Å². The molecule has 3 N–H and O–H groups in total. The van der Waals surface area contributed by atoms with Gasteiger partial charge in [0.1, 0.15) is 18.2 Å². The molecule has 0 amide bonds. The predicted octanol–water partition coefficient (Wildman–Crippen LogP) is 6.56. The van der Waals surface area contributed by atoms with Gasteiger partial charge in [0, 0.05) is 22.8 Å². The largest absolute Gasteiger partial charge is 0.489 e. The third-order valence-corrected chi connectivity index (χ3v) is 6.36. The number of hydrogen-bond donors (Lipinski definition) is 2. The molecule has 0 spiro atoms. The van der Waals surface area contributed by atoms with Crippen molar-refractivity contribution in [2.24, 2.45) is 11.7 Å². The highest BCUT2D eigenvalue weighted by Gasteiger charge is 2.20. The molecule has 1 fully saturated rings. The lowest BCUT2D eigenvalue weighted by atomic mass is 9.86. The third kappa shape index (κ3) is 5.91. The van der Waals surface area contributed by atoms with Crippen molar-refractivity contribution in [3.05, 3.63) is 76.4 Å². The molecule has 1 aliphatic rings. The van der Waals surface area contributed by atoms with E-state index in [1.807, 2.05) is 54.6 Å². The van der Waals surface area contributed by atoms with Crippen molar-refractivity contribution >= 4 is 29.0 Å². The van der Waals surface area contributed by atoms with E-state index in [1.54, 1.807) is 6.20 Å². The van der Waals surface area contributed by atoms with Gasteiger partial charge in [-0.15, -0.1) is 0 Å². The van der Waals surface area contributed by atoms with Gasteiger partial charge in [0.2, 0.25) is 0 Å². The lowest BCUT2D eigenvalue weighted by Gasteiger charge is -2.28. The first-order valence-electron chi connectivity index (χ1n) is 10.7. The standard InChI is InChI=1S/C25H27Cl2N3O/c26-20-5-1-3-18(11-20)16-31-22-6-2-4-19(12-22)23-13-25(29-15-24(23)27)30-21-9-7-17(14-28)8-10-21/h1-6,11-13,15,17,21H,7-10,14,16,28H2,(H,29,30)/t17-,21-. The number of nitrogens with two attached hydrogens (primary N) is 1. The normalized spacial score (nSPS) is 18.5. The fourth-order valence-corrected chi connectivity index (χ4v) is 4.46. The van der Waals surface area contributed by atoms with Crippen molar-refractivity contribution in [2.75, 3.05) is 11.9 Å². The number of pyridine rings is 1. The first-order chi connectivity index (χ1) is 15.1. The predicted molar refractivity (Wildman–Crippen MR) is 129 cm³/mol. The van der Waals surface area contributed by atoms with Crippen molar-refractivity contribution < 1.29 is 4.74 Å². The summed E-state index contributed by atoms with van der Waals surface area (Å²) in [6.45, 7) is 1.23. The van der Waals surface area contributed by atoms with Gasteiger partial charge in [-0.3, -0.25) is 0 Å². The maximum Gasteiger partial charge on any atom is 0.126 e. The second-order valence-electron chi connectivity index (χ2n) is 8.09. The van der Waals surface area contributed by atoms with Gasteiger partial charge in [-0.25, -0.2) is 4.98 Å². The Morgan fingerprint density at radius 1 is 1.00 bits per heavy atom. The zero-order chi connectivity index (χ0) is 21.6. The molecule has 2 aromatic carbocycles. The lowest BCUT2D eigenvalue weighted by Crippen LogP contribution is -2.29. The topological polar surface area (TPSA) is 60.2 Å². The minimum absolute atomic E-state index is 0.427. The molecule has 4 nitrogen and oxygen atoms in total. The minimum Gasteiger partial charge on any atom is -0.489 e. The van der Waals surface area contributed by atoms with Crippen LogP contribution in [-0.2, 0) is 6.61 Å². The number of anilines is 1. The maximum absolute atomic E-state index is 6.49. The minimum atomic E-state index is 0.427. The summed E-state index contributed by atoms with van der Waals surface area (Å²) in [7, 11) is 0. The summed E-state index contributed by atoms with van der Waals surface area (Å²) in [5.74, 6) is 2.28. The van der Waals surface area contributed by atoms with Gasteiger partial charge in [0.15, 0.2) is 0 Å². The number of ether oxygens (including phenoxy) is 1. The second kappa shape index (κ2) is 10.4. The molecule has 6 heteroatoms. The fraction of sp³-hybridized carbons (Fsp3) is 0.320. The molecule has 1 heterocycles. The first kappa shape index (κ1) is 21.9. The van der Waals surface area contributed by atoms with Crippen LogP contribution in [-0.4, -0.2) is 17.6 Å². The van der Waals surface area contributed by atoms with E-state index in [2.05, 4.69) is 10.3 Å². The number of halogens is 2. The van der Waals surface area contributed by atoms with Crippen LogP contribution in [0.25, 0.3) is 11.1 Å². The number of nitrogens with one attached hydrogen (secondary N) is 1. The quantitative estimate of drug-likeness (QED) is 0.423. The molecule has 0 aliphatic heterocycles. The Bertz CT molecular complexity index is 1020. The monoisotopic (exact) mass is 455 g/mol. The van der Waals surface area contributed by atoms with Crippen LogP contribution >= 0.6 is 23.2 Å². The van der Waals surface area contributed by atoms with E-state index < -0.39 is 0 Å². The molecular weight excluding hydrogens is 429 g/mol. The molecule has 0 bridgehead atoms. The van der Waals surface area contributed by atoms with E-state index in [-0.39, 0.29) is 0 Å². The smallest absolute Gasteiger partial charge is 0.126 e. The van der Waals surface area contributed by atoms with Gasteiger partial charge >= 0.3 is 0 Å². The number of rotatable bonds is 7. The van der Waals surface area contributed by atoms with Gasteiger partial charge in [-0.1, -0.05) is 47.5 Å². The highest BCUT2D eigenvalue weighted by Crippen LogP contribution is 2.33. The van der Waals surface area contributed by atoms with E-state index in [4.69, 9.17) is 33.7 Å². The van der Waals surface area contributed by atoms with Crippen molar-refractivity contribution in [2.45, 2.75) is 38.3 Å².